The smallest absolute Gasteiger partial charge is 0.429 e. The van der Waals surface area contributed by atoms with E-state index in [0.717, 1.165) is 48.3 Å². The number of thioether (sulfide) groups is 1. The van der Waals surface area contributed by atoms with E-state index in [1.165, 1.54) is 93.8 Å². The maximum absolute atomic E-state index is 13.8. The van der Waals surface area contributed by atoms with Crippen LogP contribution in [0.2, 0.25) is 0 Å². The molecule has 2 aromatic carbocycles. The first-order valence-corrected chi connectivity index (χ1v) is 29.7. The molecule has 4 amide bonds. The van der Waals surface area contributed by atoms with E-state index in [1.807, 2.05) is 27.0 Å². The number of anilines is 1. The molecule has 3 saturated carbocycles. The fourth-order valence-electron chi connectivity index (χ4n) is 13.5. The average molecular weight is 1070 g/mol. The summed E-state index contributed by atoms with van der Waals surface area (Å²) in [5.41, 5.74) is 3.30. The summed E-state index contributed by atoms with van der Waals surface area (Å²) in [4.78, 5) is 76.2. The average Bonchev–Trinajstić information content (AvgIpc) is 3.74. The molecular weight excluding hydrogens is 983 g/mol. The Balaban J connectivity index is 0.896. The van der Waals surface area contributed by atoms with Crippen molar-refractivity contribution in [3.8, 4) is 5.75 Å². The summed E-state index contributed by atoms with van der Waals surface area (Å²) in [5.74, 6) is 3.76. The molecule has 11 atom stereocenters. The van der Waals surface area contributed by atoms with Crippen molar-refractivity contribution in [2.75, 3.05) is 30.5 Å². The molecular formula is C60H89N5O10S. The first-order valence-electron chi connectivity index (χ1n) is 28.4. The quantitative estimate of drug-likeness (QED) is 0.0165. The number of hydrogen-bond donors (Lipinski definition) is 4. The predicted octanol–water partition coefficient (Wildman–Crippen LogP) is 12.0. The van der Waals surface area contributed by atoms with Gasteiger partial charge in [0.2, 0.25) is 23.6 Å². The van der Waals surface area contributed by atoms with Gasteiger partial charge in [-0.3, -0.25) is 29.3 Å². The van der Waals surface area contributed by atoms with E-state index in [9.17, 15) is 34.1 Å². The molecule has 16 heteroatoms. The van der Waals surface area contributed by atoms with Crippen molar-refractivity contribution in [2.45, 2.75) is 176 Å². The number of rotatable bonds is 27. The number of allylic oxidation sites excluding steroid dienone is 1. The lowest BCUT2D eigenvalue weighted by atomic mass is 9.47. The number of ether oxygens (including phenoxy) is 3. The molecule has 0 aromatic heterocycles. The van der Waals surface area contributed by atoms with E-state index in [-0.39, 0.29) is 60.1 Å². The Morgan fingerprint density at radius 3 is 2.22 bits per heavy atom. The summed E-state index contributed by atoms with van der Waals surface area (Å²) in [6.45, 7) is 19.1. The summed E-state index contributed by atoms with van der Waals surface area (Å²) in [7, 11) is 0. The third-order valence-electron chi connectivity index (χ3n) is 17.6. The fraction of sp³-hybridized carbons (Fsp3) is 0.683. The number of nitrogens with one attached hydrogen (secondary N) is 4. The van der Waals surface area contributed by atoms with Crippen LogP contribution in [0.1, 0.15) is 157 Å². The van der Waals surface area contributed by atoms with Crippen LogP contribution >= 0.6 is 11.8 Å². The van der Waals surface area contributed by atoms with Gasteiger partial charge in [-0.25, -0.2) is 4.79 Å². The van der Waals surface area contributed by atoms with E-state index in [0.29, 0.717) is 48.4 Å². The summed E-state index contributed by atoms with van der Waals surface area (Å²) in [6, 6.07) is 9.75. The predicted molar refractivity (Wildman–Crippen MR) is 299 cm³/mol. The molecule has 0 spiro atoms. The Morgan fingerprint density at radius 1 is 0.816 bits per heavy atom. The maximum Gasteiger partial charge on any atom is 0.514 e. The highest BCUT2D eigenvalue weighted by atomic mass is 32.2. The summed E-state index contributed by atoms with van der Waals surface area (Å²) in [5, 5.41) is 22.4. The minimum absolute atomic E-state index is 0.0226. The second-order valence-corrected chi connectivity index (χ2v) is 24.9. The highest BCUT2D eigenvalue weighted by Crippen LogP contribution is 2.67. The maximum atomic E-state index is 13.8. The number of nitrogens with zero attached hydrogens (tertiary/aromatic N) is 1. The van der Waals surface area contributed by atoms with E-state index >= 15 is 0 Å². The molecule has 0 aliphatic heterocycles. The van der Waals surface area contributed by atoms with Crippen molar-refractivity contribution >= 4 is 52.9 Å². The van der Waals surface area contributed by atoms with Gasteiger partial charge in [-0.1, -0.05) is 98.4 Å². The van der Waals surface area contributed by atoms with Gasteiger partial charge in [0, 0.05) is 43.8 Å². The van der Waals surface area contributed by atoms with Crippen LogP contribution in [0.15, 0.2) is 60.2 Å². The van der Waals surface area contributed by atoms with E-state index in [4.69, 9.17) is 14.2 Å². The first-order chi connectivity index (χ1) is 36.2. The number of carbonyl (C=O) groups excluding carboxylic acids is 5. The Morgan fingerprint density at radius 2 is 1.54 bits per heavy atom. The van der Waals surface area contributed by atoms with Crippen molar-refractivity contribution in [2.24, 2.45) is 58.2 Å². The Labute approximate surface area is 456 Å². The molecule has 0 bridgehead atoms. The second kappa shape index (κ2) is 28.1. The van der Waals surface area contributed by atoms with Gasteiger partial charge in [-0.15, -0.1) is 0 Å². The number of benzene rings is 2. The monoisotopic (exact) mass is 1070 g/mol. The Hall–Kier alpha value is -4.96. The van der Waals surface area contributed by atoms with Crippen LogP contribution < -0.4 is 26.0 Å². The third-order valence-corrected chi connectivity index (χ3v) is 18.5. The number of hydrogen-bond acceptors (Lipinski definition) is 11. The number of non-ortho nitro benzene ring substituents is 1. The second-order valence-electron chi connectivity index (χ2n) is 24.0. The first kappa shape index (κ1) is 60.3. The van der Waals surface area contributed by atoms with Gasteiger partial charge >= 0.3 is 6.16 Å². The van der Waals surface area contributed by atoms with Crippen LogP contribution in [0.5, 0.6) is 5.75 Å². The fourth-order valence-corrected chi connectivity index (χ4v) is 14.2. The van der Waals surface area contributed by atoms with Crippen LogP contribution in [-0.4, -0.2) is 78.1 Å². The summed E-state index contributed by atoms with van der Waals surface area (Å²) in [6.07, 6.45) is 18.8. The van der Waals surface area contributed by atoms with Gasteiger partial charge in [0.15, 0.2) is 0 Å². The molecule has 0 radical (unpaired) electrons. The molecule has 76 heavy (non-hydrogen) atoms. The van der Waals surface area contributed by atoms with Crippen molar-refractivity contribution < 1.29 is 43.1 Å². The standard InChI is InChI=1S/C60H89N5O10S/c1-38(2)12-10-13-40(5)49-24-25-50-48-23-16-43-35-47(28-30-59(43,7)51(48)29-31-60(49,50)8)73-33-11-32-61-53(66)26-27-54(67)63-52(34-39(3)4)56(68)64-55(41(6)37-76-9)57(69)62-44-17-14-42(15-18-44)36-74-58(70)75-46-21-19-45(20-22-46)65(71)72/h14-22,38-41,47-52,55H,10-13,23-37H2,1-9H3,(H,61,66)(H,62,69)(H,63,67)(H,64,68)/t40-,41-,47+,48+,49-,50+,51?,52+,55+,59+,60-/m1/s1. The van der Waals surface area contributed by atoms with Crippen molar-refractivity contribution in [3.05, 3.63) is 75.9 Å². The lowest BCUT2D eigenvalue weighted by molar-refractivity contribution is -0.384. The minimum atomic E-state index is -0.992. The van der Waals surface area contributed by atoms with Crippen molar-refractivity contribution in [1.82, 2.24) is 16.0 Å². The molecule has 3 fully saturated rings. The van der Waals surface area contributed by atoms with Crippen LogP contribution in [-0.2, 0) is 35.3 Å². The van der Waals surface area contributed by atoms with Crippen molar-refractivity contribution in [1.29, 1.82) is 0 Å². The van der Waals surface area contributed by atoms with Gasteiger partial charge in [0.25, 0.3) is 5.69 Å². The topological polar surface area (TPSA) is 204 Å². The zero-order chi connectivity index (χ0) is 55.2. The van der Waals surface area contributed by atoms with E-state index < -0.39 is 40.9 Å². The molecule has 1 unspecified atom stereocenters. The van der Waals surface area contributed by atoms with Crippen molar-refractivity contribution in [3.63, 3.8) is 0 Å². The van der Waals surface area contributed by atoms with Crippen LogP contribution in [0.25, 0.3) is 0 Å². The zero-order valence-corrected chi connectivity index (χ0v) is 47.7. The number of nitro benzene ring substituents is 1. The summed E-state index contributed by atoms with van der Waals surface area (Å²) >= 11 is 1.54. The van der Waals surface area contributed by atoms with Crippen LogP contribution in [0.3, 0.4) is 0 Å². The van der Waals surface area contributed by atoms with Gasteiger partial charge in [0.05, 0.1) is 11.0 Å². The van der Waals surface area contributed by atoms with Gasteiger partial charge in [0.1, 0.15) is 24.4 Å². The minimum Gasteiger partial charge on any atom is -0.429 e. The van der Waals surface area contributed by atoms with Crippen LogP contribution in [0.4, 0.5) is 16.2 Å². The van der Waals surface area contributed by atoms with E-state index in [1.54, 1.807) is 29.8 Å². The molecule has 4 aliphatic carbocycles. The molecule has 0 heterocycles. The molecule has 15 nitrogen and oxygen atoms in total. The molecule has 0 saturated heterocycles. The number of amides is 4. The van der Waals surface area contributed by atoms with Gasteiger partial charge in [-0.05, 0) is 164 Å². The molecule has 4 aliphatic rings. The Bertz CT molecular complexity index is 2310. The zero-order valence-electron chi connectivity index (χ0n) is 46.9. The van der Waals surface area contributed by atoms with Gasteiger partial charge in [-0.2, -0.15) is 11.8 Å². The largest absolute Gasteiger partial charge is 0.514 e. The highest BCUT2D eigenvalue weighted by Gasteiger charge is 2.59. The third kappa shape index (κ3) is 16.3. The van der Waals surface area contributed by atoms with E-state index in [2.05, 4.69) is 62.0 Å². The summed E-state index contributed by atoms with van der Waals surface area (Å²) < 4.78 is 16.7. The lowest BCUT2D eigenvalue weighted by Crippen LogP contribution is -2.55. The van der Waals surface area contributed by atoms with Crippen LogP contribution in [0, 0.1) is 68.3 Å². The molecule has 4 N–H and O–H groups in total. The number of nitro groups is 1. The molecule has 6 rings (SSSR count). The number of fused-ring (bicyclic) bond motifs is 5. The highest BCUT2D eigenvalue weighted by molar-refractivity contribution is 7.98. The Kier molecular flexibility index (Phi) is 22.3. The molecule has 420 valence electrons. The number of carbonyl (C=O) groups is 5. The molecule has 2 aromatic rings. The van der Waals surface area contributed by atoms with Gasteiger partial charge < -0.3 is 35.5 Å². The lowest BCUT2D eigenvalue weighted by Gasteiger charge is -2.58. The SMILES string of the molecule is CSC[C@@H](C)[C@H](NC(=O)[C@H](CC(C)C)NC(=O)CCC(=O)NCCCO[C@H]1CC[C@@]2(C)C(=CC[C@@H]3C2CC[C@]2(C)[C@@H]([C@H](C)CCCC(C)C)CC[C@@H]32)C1)C(=O)Nc1ccc(COC(=O)Oc2ccc([N+](=O)[O-])cc2)cc1. The normalized spacial score (nSPS) is 25.4.